The maximum absolute atomic E-state index is 2.82. The minimum Gasteiger partial charge on any atom is -0.334 e. The van der Waals surface area contributed by atoms with Gasteiger partial charge in [0.05, 0.1) is 22.5 Å². The van der Waals surface area contributed by atoms with Crippen molar-refractivity contribution < 1.29 is 0 Å². The third-order valence-corrected chi connectivity index (χ3v) is 24.6. The smallest absolute Gasteiger partial charge is 0.252 e. The van der Waals surface area contributed by atoms with E-state index in [2.05, 4.69) is 292 Å². The molecule has 0 N–H and O–H groups in total. The van der Waals surface area contributed by atoms with E-state index in [1.165, 1.54) is 176 Å². The van der Waals surface area contributed by atoms with Crippen LogP contribution in [0.25, 0.3) is 31.3 Å². The van der Waals surface area contributed by atoms with Crippen LogP contribution in [0, 0.1) is 6.92 Å². The Morgan fingerprint density at radius 3 is 1.42 bits per heavy atom. The Morgan fingerprint density at radius 2 is 0.876 bits per heavy atom. The van der Waals surface area contributed by atoms with E-state index in [9.17, 15) is 0 Å². The SMILES string of the molecule is Cc1cc2c3c(c1)N(c1cccc4sc5ccccc5c14)c1cc(N4c5ccc(C(C)(C)C)cc5C5(C)CCCCC45C)ccc1B3c1ccc(N3c4ccc(C(C)(C)C)cc4C4(C)CCCCC34C)cc1N2c1ccc(C(C)(C)C)cc1-c1ccccc1. The number of hydrogen-bond acceptors (Lipinski definition) is 5. The summed E-state index contributed by atoms with van der Waals surface area (Å²) in [5.74, 6) is 0. The fraction of sp³-hybridized carbons (Fsp3) is 0.349. The van der Waals surface area contributed by atoms with E-state index < -0.39 is 0 Å². The highest BCUT2D eigenvalue weighted by Crippen LogP contribution is 2.64. The Bertz CT molecular complexity index is 4590. The van der Waals surface area contributed by atoms with Crippen molar-refractivity contribution in [3.63, 3.8) is 0 Å². The van der Waals surface area contributed by atoms with E-state index >= 15 is 0 Å². The Hall–Kier alpha value is -7.54. The Kier molecular flexibility index (Phi) is 12.3. The first-order chi connectivity index (χ1) is 42.4. The number of hydrogen-bond donors (Lipinski definition) is 0. The molecule has 2 fully saturated rings. The molecular weight excluding hydrogens is 1100 g/mol. The molecule has 16 rings (SSSR count). The lowest BCUT2D eigenvalue weighted by Gasteiger charge is -2.51. The maximum Gasteiger partial charge on any atom is 0.252 e. The molecule has 0 spiro atoms. The van der Waals surface area contributed by atoms with E-state index in [-0.39, 0.29) is 44.9 Å². The van der Waals surface area contributed by atoms with Gasteiger partial charge in [0.15, 0.2) is 0 Å². The van der Waals surface area contributed by atoms with Gasteiger partial charge in [-0.2, -0.15) is 0 Å². The van der Waals surface area contributed by atoms with Crippen LogP contribution in [0.2, 0.25) is 0 Å². The van der Waals surface area contributed by atoms with Crippen molar-refractivity contribution in [2.45, 2.75) is 186 Å². The highest BCUT2D eigenvalue weighted by atomic mass is 32.1. The average molecular weight is 1180 g/mol. The van der Waals surface area contributed by atoms with Gasteiger partial charge in [-0.1, -0.05) is 199 Å². The van der Waals surface area contributed by atoms with Gasteiger partial charge in [0.25, 0.3) is 6.71 Å². The highest BCUT2D eigenvalue weighted by molar-refractivity contribution is 7.26. The topological polar surface area (TPSA) is 13.0 Å². The summed E-state index contributed by atoms with van der Waals surface area (Å²) < 4.78 is 2.63. The molecule has 89 heavy (non-hydrogen) atoms. The van der Waals surface area contributed by atoms with Crippen molar-refractivity contribution in [2.24, 2.45) is 0 Å². The lowest BCUT2D eigenvalue weighted by Crippen LogP contribution is -2.61. The van der Waals surface area contributed by atoms with Crippen molar-refractivity contribution >= 4 is 111 Å². The molecule has 5 heterocycles. The Morgan fingerprint density at radius 1 is 0.404 bits per heavy atom. The molecule has 10 aromatic rings. The number of fused-ring (bicyclic) bond motifs is 13. The van der Waals surface area contributed by atoms with E-state index in [1.807, 2.05) is 11.3 Å². The third kappa shape index (κ3) is 8.02. The number of thiophene rings is 1. The second-order valence-corrected chi connectivity index (χ2v) is 32.7. The monoisotopic (exact) mass is 1180 g/mol. The standard InChI is InChI=1S/C83H87BN4S/c1-52-45-71-76-72(46-52)86(68-28-24-30-74-75(68)59-27-18-19-29-73(59)89-74)70-51-58(88-67-40-33-56(79(8,9)10)49-62(67)81(12)42-21-23-44-83(81,88)14)35-37-64(70)84(76)63-36-34-57(87-66-39-32-55(78(5,6)7)48-61(66)80(11)41-20-22-43-82(80,87)13)50-69(63)85(71)65-38-31-54(77(2,3)4)47-60(65)53-25-16-15-17-26-53/h15-19,24-40,45-51H,20-23,41-44H2,1-14H3. The largest absolute Gasteiger partial charge is 0.334 e. The van der Waals surface area contributed by atoms with Gasteiger partial charge in [-0.25, -0.2) is 0 Å². The fourth-order valence-electron chi connectivity index (χ4n) is 18.1. The minimum atomic E-state index is -0.127. The van der Waals surface area contributed by atoms with E-state index in [4.69, 9.17) is 0 Å². The second kappa shape index (κ2) is 19.3. The van der Waals surface area contributed by atoms with Gasteiger partial charge in [-0.05, 0) is 197 Å². The quantitative estimate of drug-likeness (QED) is 0.159. The van der Waals surface area contributed by atoms with Crippen LogP contribution in [0.3, 0.4) is 0 Å². The van der Waals surface area contributed by atoms with E-state index in [0.29, 0.717) is 0 Å². The van der Waals surface area contributed by atoms with Gasteiger partial charge in [0.1, 0.15) is 0 Å². The summed E-state index contributed by atoms with van der Waals surface area (Å²) in [6.45, 7) is 34.0. The predicted molar refractivity (Wildman–Crippen MR) is 385 cm³/mol. The van der Waals surface area contributed by atoms with Crippen LogP contribution in [-0.2, 0) is 27.1 Å². The van der Waals surface area contributed by atoms with Crippen LogP contribution in [0.5, 0.6) is 0 Å². The molecule has 0 radical (unpaired) electrons. The number of rotatable bonds is 5. The van der Waals surface area contributed by atoms with Crippen LogP contribution in [0.4, 0.5) is 56.9 Å². The number of nitrogens with zero attached hydrogens (tertiary/aromatic N) is 4. The lowest BCUT2D eigenvalue weighted by molar-refractivity contribution is 0.195. The van der Waals surface area contributed by atoms with Crippen LogP contribution in [-0.4, -0.2) is 17.8 Å². The molecular formula is C83H87BN4S. The zero-order valence-electron chi connectivity index (χ0n) is 55.2. The summed E-state index contributed by atoms with van der Waals surface area (Å²) in [6, 6.07) is 70.4. The van der Waals surface area contributed by atoms with Gasteiger partial charge in [0, 0.05) is 82.1 Å². The summed E-state index contributed by atoms with van der Waals surface area (Å²) >= 11 is 1.91. The lowest BCUT2D eigenvalue weighted by atomic mass is 9.33. The molecule has 4 atom stereocenters. The third-order valence-electron chi connectivity index (χ3n) is 23.5. The van der Waals surface area contributed by atoms with Crippen LogP contribution >= 0.6 is 11.3 Å². The van der Waals surface area contributed by atoms with Gasteiger partial charge in [-0.15, -0.1) is 11.3 Å². The summed E-state index contributed by atoms with van der Waals surface area (Å²) in [6.07, 6.45) is 9.59. The van der Waals surface area contributed by atoms with Crippen molar-refractivity contribution in [3.05, 3.63) is 209 Å². The first-order valence-electron chi connectivity index (χ1n) is 33.4. The second-order valence-electron chi connectivity index (χ2n) is 31.7. The molecule has 2 saturated carbocycles. The zero-order chi connectivity index (χ0) is 61.7. The van der Waals surface area contributed by atoms with Crippen LogP contribution in [0.1, 0.15) is 175 Å². The molecule has 2 aliphatic carbocycles. The number of benzene rings is 9. The molecule has 9 aromatic carbocycles. The first-order valence-corrected chi connectivity index (χ1v) is 34.3. The molecule has 4 unspecified atom stereocenters. The van der Waals surface area contributed by atoms with Crippen LogP contribution < -0.4 is 36.0 Å². The Labute approximate surface area is 534 Å². The average Bonchev–Trinajstić information content (AvgIpc) is 0.851. The van der Waals surface area contributed by atoms with E-state index in [0.717, 1.165) is 12.8 Å². The summed E-state index contributed by atoms with van der Waals surface area (Å²) in [4.78, 5) is 11.1. The van der Waals surface area contributed by atoms with Gasteiger partial charge < -0.3 is 19.6 Å². The molecule has 448 valence electrons. The molecule has 6 aliphatic rings. The van der Waals surface area contributed by atoms with Crippen molar-refractivity contribution in [2.75, 3.05) is 19.6 Å². The van der Waals surface area contributed by atoms with Crippen molar-refractivity contribution in [1.29, 1.82) is 0 Å². The number of aryl methyl sites for hydroxylation is 1. The van der Waals surface area contributed by atoms with Gasteiger partial charge in [0.2, 0.25) is 0 Å². The molecule has 4 aliphatic heterocycles. The first kappa shape index (κ1) is 56.7. The molecule has 6 heteroatoms. The molecule has 1 aromatic heterocycles. The highest BCUT2D eigenvalue weighted by Gasteiger charge is 2.60. The van der Waals surface area contributed by atoms with Crippen molar-refractivity contribution in [3.8, 4) is 11.1 Å². The maximum atomic E-state index is 2.82. The minimum absolute atomic E-state index is 0.0126. The Balaban J connectivity index is 0.993. The van der Waals surface area contributed by atoms with Crippen LogP contribution in [0.15, 0.2) is 176 Å². The summed E-state index contributed by atoms with van der Waals surface area (Å²) in [5.41, 5.74) is 27.4. The zero-order valence-corrected chi connectivity index (χ0v) is 56.0. The van der Waals surface area contributed by atoms with E-state index in [1.54, 1.807) is 0 Å². The molecule has 0 saturated heterocycles. The summed E-state index contributed by atoms with van der Waals surface area (Å²) in [7, 11) is 0. The molecule has 4 nitrogen and oxygen atoms in total. The molecule has 0 bridgehead atoms. The summed E-state index contributed by atoms with van der Waals surface area (Å²) in [5, 5.41) is 2.63. The van der Waals surface area contributed by atoms with Gasteiger partial charge in [-0.3, -0.25) is 0 Å². The predicted octanol–water partition coefficient (Wildman–Crippen LogP) is 21.5. The normalized spacial score (nSPS) is 22.7. The fourth-order valence-corrected chi connectivity index (χ4v) is 19.2. The van der Waals surface area contributed by atoms with Crippen molar-refractivity contribution in [1.82, 2.24) is 0 Å². The molecule has 0 amide bonds. The number of anilines is 10. The van der Waals surface area contributed by atoms with Gasteiger partial charge >= 0.3 is 0 Å².